The summed E-state index contributed by atoms with van der Waals surface area (Å²) in [5, 5.41) is 20.7. The molecular weight excluding hydrogens is 480 g/mol. The second-order valence-electron chi connectivity index (χ2n) is 12.3. The van der Waals surface area contributed by atoms with Crippen LogP contribution in [0.3, 0.4) is 0 Å². The van der Waals surface area contributed by atoms with E-state index in [0.29, 0.717) is 50.4 Å². The number of rotatable bonds is 11. The molecular formula is C32H46O6. The molecule has 0 unspecified atom stereocenters. The van der Waals surface area contributed by atoms with Crippen LogP contribution in [0.25, 0.3) is 0 Å². The molecule has 6 heteroatoms. The number of aryl methyl sites for hydroxylation is 4. The largest absolute Gasteiger partial charge is 0.507 e. The minimum absolute atomic E-state index is 0.215. The number of carbonyl (C=O) groups is 2. The van der Waals surface area contributed by atoms with Crippen LogP contribution in [0.1, 0.15) is 101 Å². The van der Waals surface area contributed by atoms with E-state index >= 15 is 0 Å². The highest BCUT2D eigenvalue weighted by molar-refractivity contribution is 5.70. The molecule has 0 saturated heterocycles. The van der Waals surface area contributed by atoms with E-state index in [2.05, 4.69) is 41.5 Å². The molecule has 2 aromatic carbocycles. The topological polar surface area (TPSA) is 93.1 Å². The maximum atomic E-state index is 12.3. The van der Waals surface area contributed by atoms with Crippen molar-refractivity contribution in [1.82, 2.24) is 0 Å². The summed E-state index contributed by atoms with van der Waals surface area (Å²) in [6.45, 7) is 16.7. The highest BCUT2D eigenvalue weighted by Crippen LogP contribution is 2.40. The normalized spacial score (nSPS) is 11.9. The molecule has 0 amide bonds. The highest BCUT2D eigenvalue weighted by Gasteiger charge is 2.26. The molecule has 0 aliphatic rings. The van der Waals surface area contributed by atoms with E-state index in [1.807, 2.05) is 38.1 Å². The average molecular weight is 527 g/mol. The molecule has 0 aliphatic carbocycles. The number of hydrogen-bond donors (Lipinski definition) is 2. The Hall–Kier alpha value is -3.02. The van der Waals surface area contributed by atoms with Gasteiger partial charge >= 0.3 is 11.9 Å². The fraction of sp³-hybridized carbons (Fsp3) is 0.562. The lowest BCUT2D eigenvalue weighted by atomic mass is 9.78. The number of esters is 2. The number of phenols is 2. The summed E-state index contributed by atoms with van der Waals surface area (Å²) in [5.41, 5.74) is 4.96. The fourth-order valence-electron chi connectivity index (χ4n) is 4.39. The second kappa shape index (κ2) is 13.2. The Kier molecular flexibility index (Phi) is 10.8. The zero-order valence-electron chi connectivity index (χ0n) is 24.5. The fourth-order valence-corrected chi connectivity index (χ4v) is 4.39. The van der Waals surface area contributed by atoms with Gasteiger partial charge in [-0.15, -0.1) is 0 Å². The number of aromatic hydroxyl groups is 2. The number of hydrogen-bond acceptors (Lipinski definition) is 6. The third-order valence-electron chi connectivity index (χ3n) is 6.64. The van der Waals surface area contributed by atoms with Gasteiger partial charge in [-0.3, -0.25) is 9.59 Å². The standard InChI is InChI=1S/C32H46O6/c1-21-17-23(18-22(2)29(21)35)11-13-27(33)37-15-9-10-16-38-28(34)14-12-24-19-25(31(3,4)5)30(36)26(20-24)32(6,7)8/h17-20,35-36H,9-16H2,1-8H3. The molecule has 210 valence electrons. The van der Waals surface area contributed by atoms with Gasteiger partial charge in [0.05, 0.1) is 13.2 Å². The van der Waals surface area contributed by atoms with Crippen molar-refractivity contribution in [3.05, 3.63) is 57.6 Å². The van der Waals surface area contributed by atoms with Crippen molar-refractivity contribution in [2.24, 2.45) is 0 Å². The first-order chi connectivity index (χ1) is 17.6. The number of unbranched alkanes of at least 4 members (excludes halogenated alkanes) is 1. The molecule has 0 radical (unpaired) electrons. The zero-order valence-corrected chi connectivity index (χ0v) is 24.5. The van der Waals surface area contributed by atoms with Crippen LogP contribution in [-0.4, -0.2) is 35.4 Å². The predicted molar refractivity (Wildman–Crippen MR) is 151 cm³/mol. The number of ether oxygens (including phenoxy) is 2. The summed E-state index contributed by atoms with van der Waals surface area (Å²) in [6, 6.07) is 7.77. The third-order valence-corrected chi connectivity index (χ3v) is 6.64. The molecule has 0 aliphatic heterocycles. The monoisotopic (exact) mass is 526 g/mol. The van der Waals surface area contributed by atoms with Crippen molar-refractivity contribution >= 4 is 11.9 Å². The number of phenolic OH excluding ortho intramolecular Hbond substituents is 2. The van der Waals surface area contributed by atoms with Crippen LogP contribution in [0, 0.1) is 13.8 Å². The van der Waals surface area contributed by atoms with Crippen LogP contribution in [0.15, 0.2) is 24.3 Å². The van der Waals surface area contributed by atoms with Crippen LogP contribution >= 0.6 is 0 Å². The Morgan fingerprint density at radius 1 is 0.658 bits per heavy atom. The van der Waals surface area contributed by atoms with Crippen LogP contribution in [0.4, 0.5) is 0 Å². The van der Waals surface area contributed by atoms with Gasteiger partial charge in [-0.25, -0.2) is 0 Å². The Labute approximate surface area is 228 Å². The summed E-state index contributed by atoms with van der Waals surface area (Å²) >= 11 is 0. The van der Waals surface area contributed by atoms with E-state index in [0.717, 1.165) is 33.4 Å². The van der Waals surface area contributed by atoms with Crippen molar-refractivity contribution in [2.45, 2.75) is 105 Å². The van der Waals surface area contributed by atoms with Crippen LogP contribution in [0.2, 0.25) is 0 Å². The Morgan fingerprint density at radius 2 is 1.03 bits per heavy atom. The number of benzene rings is 2. The smallest absolute Gasteiger partial charge is 0.306 e. The minimum atomic E-state index is -0.261. The van der Waals surface area contributed by atoms with E-state index in [4.69, 9.17) is 9.47 Å². The SMILES string of the molecule is Cc1cc(CCC(=O)OCCCCOC(=O)CCc2cc(C(C)(C)C)c(O)c(C(C)(C)C)c2)cc(C)c1O. The molecule has 0 bridgehead atoms. The van der Waals surface area contributed by atoms with Crippen molar-refractivity contribution in [1.29, 1.82) is 0 Å². The Balaban J connectivity index is 1.71. The van der Waals surface area contributed by atoms with Crippen LogP contribution in [0.5, 0.6) is 11.5 Å². The molecule has 0 saturated carbocycles. The maximum Gasteiger partial charge on any atom is 0.306 e. The molecule has 2 rings (SSSR count). The first kappa shape index (κ1) is 31.2. The Bertz CT molecular complexity index is 1060. The van der Waals surface area contributed by atoms with Crippen LogP contribution in [-0.2, 0) is 42.7 Å². The van der Waals surface area contributed by atoms with Crippen LogP contribution < -0.4 is 0 Å². The molecule has 0 fully saturated rings. The average Bonchev–Trinajstić information content (AvgIpc) is 2.81. The summed E-state index contributed by atoms with van der Waals surface area (Å²) in [6.07, 6.45) is 2.90. The van der Waals surface area contributed by atoms with Gasteiger partial charge < -0.3 is 19.7 Å². The first-order valence-corrected chi connectivity index (χ1v) is 13.6. The van der Waals surface area contributed by atoms with Crippen molar-refractivity contribution in [3.8, 4) is 11.5 Å². The van der Waals surface area contributed by atoms with Gasteiger partial charge in [-0.1, -0.05) is 65.8 Å². The zero-order chi connectivity index (χ0) is 28.7. The van der Waals surface area contributed by atoms with E-state index in [1.165, 1.54) is 0 Å². The van der Waals surface area contributed by atoms with E-state index in [1.54, 1.807) is 0 Å². The lowest BCUT2D eigenvalue weighted by molar-refractivity contribution is -0.146. The molecule has 2 aromatic rings. The van der Waals surface area contributed by atoms with Gasteiger partial charge in [-0.2, -0.15) is 0 Å². The summed E-state index contributed by atoms with van der Waals surface area (Å²) in [5.74, 6) is 0.108. The molecule has 0 aromatic heterocycles. The van der Waals surface area contributed by atoms with Gasteiger partial charge in [0.25, 0.3) is 0 Å². The molecule has 6 nitrogen and oxygen atoms in total. The maximum absolute atomic E-state index is 12.3. The second-order valence-corrected chi connectivity index (χ2v) is 12.3. The molecule has 0 heterocycles. The van der Waals surface area contributed by atoms with E-state index < -0.39 is 0 Å². The Morgan fingerprint density at radius 3 is 1.39 bits per heavy atom. The molecule has 38 heavy (non-hydrogen) atoms. The van der Waals surface area contributed by atoms with E-state index in [9.17, 15) is 19.8 Å². The van der Waals surface area contributed by atoms with Crippen molar-refractivity contribution in [3.63, 3.8) is 0 Å². The first-order valence-electron chi connectivity index (χ1n) is 13.6. The van der Waals surface area contributed by atoms with Gasteiger partial charge in [0.15, 0.2) is 0 Å². The van der Waals surface area contributed by atoms with Crippen molar-refractivity contribution < 1.29 is 29.3 Å². The van der Waals surface area contributed by atoms with E-state index in [-0.39, 0.29) is 35.6 Å². The number of carbonyl (C=O) groups excluding carboxylic acids is 2. The van der Waals surface area contributed by atoms with Crippen molar-refractivity contribution in [2.75, 3.05) is 13.2 Å². The lowest BCUT2D eigenvalue weighted by Gasteiger charge is -2.28. The predicted octanol–water partition coefficient (Wildman–Crippen LogP) is 6.74. The highest BCUT2D eigenvalue weighted by atomic mass is 16.5. The summed E-state index contributed by atoms with van der Waals surface area (Å²) in [7, 11) is 0. The van der Waals surface area contributed by atoms with Gasteiger partial charge in [-0.05, 0) is 83.7 Å². The quantitative estimate of drug-likeness (QED) is 0.249. The van der Waals surface area contributed by atoms with Gasteiger partial charge in [0.2, 0.25) is 0 Å². The van der Waals surface area contributed by atoms with Gasteiger partial charge in [0.1, 0.15) is 11.5 Å². The summed E-state index contributed by atoms with van der Waals surface area (Å²) < 4.78 is 10.7. The third kappa shape index (κ3) is 9.38. The van der Waals surface area contributed by atoms with Gasteiger partial charge in [0, 0.05) is 12.8 Å². The lowest BCUT2D eigenvalue weighted by Crippen LogP contribution is -2.18. The minimum Gasteiger partial charge on any atom is -0.507 e. The molecule has 2 N–H and O–H groups in total. The molecule has 0 spiro atoms. The molecule has 0 atom stereocenters. The summed E-state index contributed by atoms with van der Waals surface area (Å²) in [4.78, 5) is 24.3.